The van der Waals surface area contributed by atoms with Gasteiger partial charge in [0, 0.05) is 31.3 Å². The molecule has 0 amide bonds. The quantitative estimate of drug-likeness (QED) is 0.359. The van der Waals surface area contributed by atoms with Gasteiger partial charge in [0.1, 0.15) is 5.69 Å². The number of fused-ring (bicyclic) bond motifs is 1. The molecule has 0 atom stereocenters. The zero-order chi connectivity index (χ0) is 20.6. The lowest BCUT2D eigenvalue weighted by Gasteiger charge is -2.19. The number of aromatic nitrogens is 2. The molecule has 3 rings (SSSR count). The summed E-state index contributed by atoms with van der Waals surface area (Å²) < 4.78 is 17.9. The van der Waals surface area contributed by atoms with Crippen molar-refractivity contribution >= 4 is 12.2 Å². The van der Waals surface area contributed by atoms with Crippen LogP contribution in [0.25, 0.3) is 12.2 Å². The van der Waals surface area contributed by atoms with Crippen LogP contribution in [0.1, 0.15) is 68.1 Å². The number of hydrogen-bond donors (Lipinski definition) is 0. The number of hydrogen-bond acceptors (Lipinski definition) is 5. The maximum absolute atomic E-state index is 12.8. The van der Waals surface area contributed by atoms with E-state index in [1.165, 1.54) is 0 Å². The highest BCUT2D eigenvalue weighted by atomic mass is 16.7. The van der Waals surface area contributed by atoms with Crippen LogP contribution in [0.5, 0.6) is 5.88 Å². The summed E-state index contributed by atoms with van der Waals surface area (Å²) in [5.41, 5.74) is 3.70. The van der Waals surface area contributed by atoms with E-state index in [0.717, 1.165) is 52.8 Å². The zero-order valence-electron chi connectivity index (χ0n) is 17.5. The van der Waals surface area contributed by atoms with Gasteiger partial charge >= 0.3 is 11.7 Å². The summed E-state index contributed by atoms with van der Waals surface area (Å²) in [4.78, 5) is 4.49. The summed E-state index contributed by atoms with van der Waals surface area (Å²) >= 11 is 0. The van der Waals surface area contributed by atoms with Gasteiger partial charge in [-0.05, 0) is 56.7 Å². The maximum atomic E-state index is 12.8. The normalized spacial score (nSPS) is 13.8. The minimum atomic E-state index is -0.358. The molecule has 1 aliphatic rings. The molecule has 0 saturated heterocycles. The van der Waals surface area contributed by atoms with Crippen LogP contribution < -0.4 is 9.47 Å². The molecule has 1 aromatic carbocycles. The molecule has 0 fully saturated rings. The first-order chi connectivity index (χ1) is 14.2. The molecule has 1 aromatic heterocycles. The summed E-state index contributed by atoms with van der Waals surface area (Å²) in [5, 5.41) is 12.8. The van der Waals surface area contributed by atoms with Gasteiger partial charge in [-0.3, -0.25) is 0 Å². The molecule has 6 heteroatoms. The molecule has 0 N–H and O–H groups in total. The van der Waals surface area contributed by atoms with Crippen LogP contribution in [-0.2, 0) is 22.3 Å². The molecule has 0 unspecified atom stereocenters. The number of rotatable bonds is 9. The molecule has 6 nitrogen and oxygen atoms in total. The largest absolute Gasteiger partial charge is 0.710 e. The van der Waals surface area contributed by atoms with Gasteiger partial charge in [0.2, 0.25) is 0 Å². The summed E-state index contributed by atoms with van der Waals surface area (Å²) in [6, 6.07) is 7.92. The van der Waals surface area contributed by atoms with E-state index in [0.29, 0.717) is 31.5 Å². The second-order valence-corrected chi connectivity index (χ2v) is 6.88. The van der Waals surface area contributed by atoms with Crippen molar-refractivity contribution in [1.29, 1.82) is 0 Å². The van der Waals surface area contributed by atoms with Gasteiger partial charge in [0.15, 0.2) is 6.29 Å². The van der Waals surface area contributed by atoms with Crippen molar-refractivity contribution in [3.8, 4) is 5.88 Å². The highest BCUT2D eigenvalue weighted by Gasteiger charge is 2.26. The Morgan fingerprint density at radius 1 is 1.00 bits per heavy atom. The third kappa shape index (κ3) is 5.14. The van der Waals surface area contributed by atoms with Gasteiger partial charge in [-0.15, -0.1) is 0 Å². The SMILES string of the molecule is CCOc1nc(/C=C/c2ccc(C(OCC)OCC)cc2)[n+]([O-])c2c1CCCC2. The van der Waals surface area contributed by atoms with Crippen molar-refractivity contribution in [3.63, 3.8) is 0 Å². The van der Waals surface area contributed by atoms with Crippen molar-refractivity contribution in [2.24, 2.45) is 0 Å². The minimum Gasteiger partial charge on any atom is -0.710 e. The first-order valence-electron chi connectivity index (χ1n) is 10.5. The standard InChI is InChI=1S/C23H30N2O4/c1-4-27-22-19-9-7-8-10-20(19)25(26)21(24-22)16-13-17-11-14-18(15-12-17)23(28-5-2)29-6-3/h11-16,23H,4-10H2,1-3H3/b16-13+. The van der Waals surface area contributed by atoms with Crippen LogP contribution in [0.4, 0.5) is 0 Å². The fraction of sp³-hybridized carbons (Fsp3) is 0.478. The van der Waals surface area contributed by atoms with Gasteiger partial charge in [-0.25, -0.2) is 4.73 Å². The van der Waals surface area contributed by atoms with Crippen LogP contribution in [0.2, 0.25) is 0 Å². The second-order valence-electron chi connectivity index (χ2n) is 6.88. The molecular weight excluding hydrogens is 368 g/mol. The van der Waals surface area contributed by atoms with Gasteiger partial charge in [-0.1, -0.05) is 24.3 Å². The van der Waals surface area contributed by atoms with E-state index in [4.69, 9.17) is 14.2 Å². The Hall–Kier alpha value is -2.44. The average Bonchev–Trinajstić information content (AvgIpc) is 2.75. The molecule has 1 aliphatic carbocycles. The molecule has 0 bridgehead atoms. The van der Waals surface area contributed by atoms with Crippen molar-refractivity contribution in [2.45, 2.75) is 52.7 Å². The Kier molecular flexibility index (Phi) is 7.61. The van der Waals surface area contributed by atoms with Gasteiger partial charge in [-0.2, -0.15) is 0 Å². The van der Waals surface area contributed by atoms with Crippen LogP contribution >= 0.6 is 0 Å². The molecule has 156 valence electrons. The average molecular weight is 399 g/mol. The predicted molar refractivity (Wildman–Crippen MR) is 112 cm³/mol. The van der Waals surface area contributed by atoms with E-state index in [-0.39, 0.29) is 6.29 Å². The van der Waals surface area contributed by atoms with Crippen LogP contribution in [0.15, 0.2) is 24.3 Å². The first-order valence-corrected chi connectivity index (χ1v) is 10.5. The van der Waals surface area contributed by atoms with Gasteiger partial charge in [0.05, 0.1) is 12.2 Å². The molecule has 0 spiro atoms. The monoisotopic (exact) mass is 398 g/mol. The van der Waals surface area contributed by atoms with Crippen LogP contribution in [-0.4, -0.2) is 24.8 Å². The maximum Gasteiger partial charge on any atom is 0.335 e. The minimum absolute atomic E-state index is 0.358. The Morgan fingerprint density at radius 3 is 2.34 bits per heavy atom. The molecule has 29 heavy (non-hydrogen) atoms. The second kappa shape index (κ2) is 10.4. The van der Waals surface area contributed by atoms with Crippen molar-refractivity contribution in [2.75, 3.05) is 19.8 Å². The molecule has 2 aromatic rings. The first kappa shape index (κ1) is 21.3. The fourth-order valence-corrected chi connectivity index (χ4v) is 3.54. The molecule has 0 saturated carbocycles. The highest BCUT2D eigenvalue weighted by Crippen LogP contribution is 2.26. The predicted octanol–water partition coefficient (Wildman–Crippen LogP) is 4.23. The Balaban J connectivity index is 1.83. The van der Waals surface area contributed by atoms with Gasteiger partial charge < -0.3 is 19.4 Å². The Bertz CT molecular complexity index is 828. The zero-order valence-corrected chi connectivity index (χ0v) is 17.5. The number of ether oxygens (including phenoxy) is 3. The summed E-state index contributed by atoms with van der Waals surface area (Å²) in [6.45, 7) is 7.54. The third-order valence-corrected chi connectivity index (χ3v) is 4.92. The van der Waals surface area contributed by atoms with E-state index in [9.17, 15) is 5.21 Å². The van der Waals surface area contributed by atoms with Crippen molar-refractivity contribution < 1.29 is 18.9 Å². The summed E-state index contributed by atoms with van der Waals surface area (Å²) in [7, 11) is 0. The van der Waals surface area contributed by atoms with Crippen LogP contribution in [0, 0.1) is 5.21 Å². The highest BCUT2D eigenvalue weighted by molar-refractivity contribution is 5.66. The van der Waals surface area contributed by atoms with Crippen molar-refractivity contribution in [3.05, 3.63) is 57.7 Å². The van der Waals surface area contributed by atoms with Crippen molar-refractivity contribution in [1.82, 2.24) is 4.98 Å². The third-order valence-electron chi connectivity index (χ3n) is 4.92. The number of benzene rings is 1. The van der Waals surface area contributed by atoms with E-state index >= 15 is 0 Å². The molecular formula is C23H30N2O4. The fourth-order valence-electron chi connectivity index (χ4n) is 3.54. The molecule has 0 aliphatic heterocycles. The Morgan fingerprint density at radius 2 is 1.69 bits per heavy atom. The lowest BCUT2D eigenvalue weighted by Crippen LogP contribution is -2.39. The molecule has 0 radical (unpaired) electrons. The number of nitrogens with zero attached hydrogens (tertiary/aromatic N) is 2. The smallest absolute Gasteiger partial charge is 0.335 e. The summed E-state index contributed by atoms with van der Waals surface area (Å²) in [5.74, 6) is 0.959. The molecule has 1 heterocycles. The van der Waals surface area contributed by atoms with E-state index in [1.54, 1.807) is 6.08 Å². The van der Waals surface area contributed by atoms with Crippen LogP contribution in [0.3, 0.4) is 0 Å². The lowest BCUT2D eigenvalue weighted by molar-refractivity contribution is -0.620. The topological polar surface area (TPSA) is 67.5 Å². The van der Waals surface area contributed by atoms with E-state index in [1.807, 2.05) is 51.1 Å². The van der Waals surface area contributed by atoms with Gasteiger partial charge in [0.25, 0.3) is 0 Å². The summed E-state index contributed by atoms with van der Waals surface area (Å²) in [6.07, 6.45) is 7.00. The lowest BCUT2D eigenvalue weighted by atomic mass is 9.96. The van der Waals surface area contributed by atoms with E-state index in [2.05, 4.69) is 4.98 Å². The van der Waals surface area contributed by atoms with E-state index < -0.39 is 0 Å². The Labute approximate surface area is 172 Å².